The molecular weight excluding hydrogens is 558 g/mol. The fraction of sp³-hybridized carbons (Fsp3) is 0.229. The normalized spacial score (nSPS) is 15.1. The second-order valence-electron chi connectivity index (χ2n) is 10.8. The Hall–Kier alpha value is -4.69. The molecular formula is C35H33N3O4S. The summed E-state index contributed by atoms with van der Waals surface area (Å²) in [6.07, 6.45) is 1.63. The molecule has 1 aliphatic rings. The Labute approximate surface area is 253 Å². The number of benzene rings is 3. The number of nitrogens with one attached hydrogen (secondary N) is 1. The predicted molar refractivity (Wildman–Crippen MR) is 171 cm³/mol. The first-order valence-electron chi connectivity index (χ1n) is 14.4. The number of hydrogen-bond donors (Lipinski definition) is 1. The molecule has 2 aromatic heterocycles. The van der Waals surface area contributed by atoms with Gasteiger partial charge in [0.15, 0.2) is 4.80 Å². The lowest BCUT2D eigenvalue weighted by Gasteiger charge is -2.25. The van der Waals surface area contributed by atoms with Crippen LogP contribution in [-0.2, 0) is 9.53 Å². The van der Waals surface area contributed by atoms with Crippen LogP contribution in [0.15, 0.2) is 93.9 Å². The molecule has 3 heterocycles. The highest BCUT2D eigenvalue weighted by molar-refractivity contribution is 7.07. The van der Waals surface area contributed by atoms with Crippen molar-refractivity contribution in [2.45, 2.75) is 46.8 Å². The minimum atomic E-state index is -0.695. The van der Waals surface area contributed by atoms with Gasteiger partial charge in [-0.2, -0.15) is 0 Å². The molecule has 0 bridgehead atoms. The molecule has 0 aliphatic carbocycles. The van der Waals surface area contributed by atoms with Crippen molar-refractivity contribution in [3.05, 3.63) is 120 Å². The molecule has 1 aliphatic heterocycles. The van der Waals surface area contributed by atoms with Crippen LogP contribution in [0.4, 0.5) is 0 Å². The van der Waals surface area contributed by atoms with Gasteiger partial charge in [-0.05, 0) is 69.5 Å². The smallest absolute Gasteiger partial charge is 0.338 e. The maximum absolute atomic E-state index is 14.3. The highest BCUT2D eigenvalue weighted by Crippen LogP contribution is 2.34. The number of H-pyrrole nitrogens is 1. The Morgan fingerprint density at radius 3 is 2.49 bits per heavy atom. The van der Waals surface area contributed by atoms with Crippen LogP contribution in [0.1, 0.15) is 50.4 Å². The number of para-hydroxylation sites is 1. The van der Waals surface area contributed by atoms with Crippen molar-refractivity contribution < 1.29 is 14.3 Å². The molecule has 0 saturated heterocycles. The van der Waals surface area contributed by atoms with Gasteiger partial charge in [-0.1, -0.05) is 72.0 Å². The minimum Gasteiger partial charge on any atom is -0.494 e. The van der Waals surface area contributed by atoms with Gasteiger partial charge in [0.05, 0.1) is 40.2 Å². The van der Waals surface area contributed by atoms with E-state index in [9.17, 15) is 9.59 Å². The first-order valence-corrected chi connectivity index (χ1v) is 15.2. The average molecular weight is 592 g/mol. The van der Waals surface area contributed by atoms with E-state index in [1.807, 2.05) is 75.4 Å². The first-order chi connectivity index (χ1) is 20.8. The van der Waals surface area contributed by atoms with E-state index in [1.54, 1.807) is 11.5 Å². The minimum absolute atomic E-state index is 0.217. The van der Waals surface area contributed by atoms with Crippen molar-refractivity contribution in [1.29, 1.82) is 0 Å². The zero-order valence-electron chi connectivity index (χ0n) is 24.8. The van der Waals surface area contributed by atoms with Gasteiger partial charge in [-0.3, -0.25) is 9.36 Å². The number of carbonyl (C=O) groups is 1. The summed E-state index contributed by atoms with van der Waals surface area (Å²) in [4.78, 5) is 36.7. The SMILES string of the molecule is CCOc1ccc([C@H]2C(C(=O)OC(C)C)=C(C)N=c3s/c(=C/c4c(-c5ccccc5)[nH]c5c(C)cccc45)c(=O)n32)cc1. The first kappa shape index (κ1) is 28.4. The quantitative estimate of drug-likeness (QED) is 0.234. The summed E-state index contributed by atoms with van der Waals surface area (Å²) in [6.45, 7) is 9.95. The number of thiazole rings is 1. The fourth-order valence-corrected chi connectivity index (χ4v) is 6.62. The summed E-state index contributed by atoms with van der Waals surface area (Å²) >= 11 is 1.32. The van der Waals surface area contributed by atoms with E-state index in [1.165, 1.54) is 11.3 Å². The number of hydrogen-bond acceptors (Lipinski definition) is 6. The fourth-order valence-electron chi connectivity index (χ4n) is 5.59. The summed E-state index contributed by atoms with van der Waals surface area (Å²) in [5.41, 5.74) is 6.49. The van der Waals surface area contributed by atoms with Crippen LogP contribution in [0.3, 0.4) is 0 Å². The van der Waals surface area contributed by atoms with Gasteiger partial charge in [-0.25, -0.2) is 9.79 Å². The van der Waals surface area contributed by atoms with Crippen molar-refractivity contribution >= 4 is 34.3 Å². The zero-order chi connectivity index (χ0) is 30.2. The summed E-state index contributed by atoms with van der Waals surface area (Å²) in [6, 6.07) is 23.1. The Balaban J connectivity index is 1.58. The van der Waals surface area contributed by atoms with Crippen molar-refractivity contribution in [3.8, 4) is 17.0 Å². The largest absolute Gasteiger partial charge is 0.494 e. The van der Waals surface area contributed by atoms with Crippen LogP contribution < -0.4 is 19.6 Å². The summed E-state index contributed by atoms with van der Waals surface area (Å²) < 4.78 is 13.4. The molecule has 1 N–H and O–H groups in total. The number of allylic oxidation sites excluding steroid dienone is 1. The van der Waals surface area contributed by atoms with Gasteiger partial charge in [0.2, 0.25) is 0 Å². The van der Waals surface area contributed by atoms with Gasteiger partial charge < -0.3 is 14.5 Å². The summed E-state index contributed by atoms with van der Waals surface area (Å²) in [5, 5.41) is 1.03. The lowest BCUT2D eigenvalue weighted by atomic mass is 9.96. The molecule has 0 radical (unpaired) electrons. The molecule has 1 atom stereocenters. The molecule has 3 aromatic carbocycles. The van der Waals surface area contributed by atoms with E-state index in [2.05, 4.69) is 36.2 Å². The number of carbonyl (C=O) groups excluding carboxylic acids is 1. The van der Waals surface area contributed by atoms with Crippen LogP contribution >= 0.6 is 11.3 Å². The maximum Gasteiger partial charge on any atom is 0.338 e. The molecule has 5 aromatic rings. The second kappa shape index (κ2) is 11.5. The molecule has 0 fully saturated rings. The maximum atomic E-state index is 14.3. The Morgan fingerprint density at radius 2 is 1.79 bits per heavy atom. The third-order valence-corrected chi connectivity index (χ3v) is 8.49. The summed E-state index contributed by atoms with van der Waals surface area (Å²) in [5.74, 6) is 0.233. The van der Waals surface area contributed by atoms with E-state index in [-0.39, 0.29) is 11.7 Å². The molecule has 6 rings (SSSR count). The van der Waals surface area contributed by atoms with Crippen LogP contribution in [-0.4, -0.2) is 28.2 Å². The Morgan fingerprint density at radius 1 is 1.05 bits per heavy atom. The predicted octanol–water partition coefficient (Wildman–Crippen LogP) is 6.04. The highest BCUT2D eigenvalue weighted by atomic mass is 32.1. The molecule has 7 nitrogen and oxygen atoms in total. The van der Waals surface area contributed by atoms with E-state index < -0.39 is 12.0 Å². The van der Waals surface area contributed by atoms with Gasteiger partial charge in [0.1, 0.15) is 5.75 Å². The second-order valence-corrected chi connectivity index (χ2v) is 11.8. The highest BCUT2D eigenvalue weighted by Gasteiger charge is 2.34. The van der Waals surface area contributed by atoms with Gasteiger partial charge >= 0.3 is 5.97 Å². The standard InChI is InChI=1S/C35H33N3O4S/c1-6-41-25-17-15-24(16-18-25)32-29(34(40)42-20(2)3)22(5)36-35-38(32)33(39)28(43-35)19-27-26-14-10-11-21(4)30(26)37-31(27)23-12-8-7-9-13-23/h7-20,32,37H,6H2,1-5H3/b28-19+/t32-/m0/s1. The number of esters is 1. The molecule has 8 heteroatoms. The number of nitrogens with zero attached hydrogens (tertiary/aromatic N) is 2. The van der Waals surface area contributed by atoms with Gasteiger partial charge in [-0.15, -0.1) is 0 Å². The van der Waals surface area contributed by atoms with Crippen LogP contribution in [0.25, 0.3) is 28.2 Å². The van der Waals surface area contributed by atoms with Gasteiger partial charge in [0, 0.05) is 16.5 Å². The van der Waals surface area contributed by atoms with E-state index in [0.29, 0.717) is 33.0 Å². The zero-order valence-corrected chi connectivity index (χ0v) is 25.6. The topological polar surface area (TPSA) is 85.7 Å². The number of rotatable bonds is 7. The van der Waals surface area contributed by atoms with E-state index in [0.717, 1.165) is 38.9 Å². The lowest BCUT2D eigenvalue weighted by Crippen LogP contribution is -2.40. The number of aromatic amines is 1. The molecule has 43 heavy (non-hydrogen) atoms. The molecule has 0 saturated carbocycles. The number of fused-ring (bicyclic) bond motifs is 2. The third kappa shape index (κ3) is 5.23. The Kier molecular flexibility index (Phi) is 7.62. The summed E-state index contributed by atoms with van der Waals surface area (Å²) in [7, 11) is 0. The van der Waals surface area contributed by atoms with Crippen LogP contribution in [0.2, 0.25) is 0 Å². The number of aromatic nitrogens is 2. The van der Waals surface area contributed by atoms with Crippen LogP contribution in [0, 0.1) is 6.92 Å². The van der Waals surface area contributed by atoms with Crippen molar-refractivity contribution in [2.24, 2.45) is 4.99 Å². The van der Waals surface area contributed by atoms with Crippen molar-refractivity contribution in [3.63, 3.8) is 0 Å². The number of ether oxygens (including phenoxy) is 2. The number of aryl methyl sites for hydroxylation is 1. The Bertz CT molecular complexity index is 2050. The van der Waals surface area contributed by atoms with Crippen molar-refractivity contribution in [2.75, 3.05) is 6.61 Å². The third-order valence-electron chi connectivity index (χ3n) is 7.51. The van der Waals surface area contributed by atoms with E-state index in [4.69, 9.17) is 14.5 Å². The molecule has 0 spiro atoms. The van der Waals surface area contributed by atoms with Gasteiger partial charge in [0.25, 0.3) is 5.56 Å². The molecule has 218 valence electrons. The van der Waals surface area contributed by atoms with E-state index >= 15 is 0 Å². The molecule has 0 unspecified atom stereocenters. The average Bonchev–Trinajstić information content (AvgIpc) is 3.51. The van der Waals surface area contributed by atoms with Crippen molar-refractivity contribution in [1.82, 2.24) is 9.55 Å². The monoisotopic (exact) mass is 591 g/mol. The molecule has 0 amide bonds. The van der Waals surface area contributed by atoms with Crippen LogP contribution in [0.5, 0.6) is 5.75 Å². The lowest BCUT2D eigenvalue weighted by molar-refractivity contribution is -0.143.